The van der Waals surface area contributed by atoms with E-state index in [2.05, 4.69) is 17.6 Å². The van der Waals surface area contributed by atoms with Gasteiger partial charge in [0.05, 0.1) is 5.60 Å². The smallest absolute Gasteiger partial charge is 0.248 e. The number of rotatable bonds is 7. The molecule has 4 nitrogen and oxygen atoms in total. The van der Waals surface area contributed by atoms with Crippen LogP contribution >= 0.6 is 0 Å². The first-order valence-corrected chi connectivity index (χ1v) is 6.23. The van der Waals surface area contributed by atoms with Gasteiger partial charge in [-0.2, -0.15) is 0 Å². The van der Waals surface area contributed by atoms with Gasteiger partial charge in [0, 0.05) is 19.6 Å². The molecule has 0 aromatic rings. The van der Waals surface area contributed by atoms with Crippen molar-refractivity contribution in [1.29, 1.82) is 0 Å². The zero-order chi connectivity index (χ0) is 12.0. The molecule has 0 spiro atoms. The number of unbranched alkanes of at least 4 members (excludes halogenated alkanes) is 2. The fourth-order valence-corrected chi connectivity index (χ4v) is 1.77. The van der Waals surface area contributed by atoms with E-state index in [1.54, 1.807) is 0 Å². The summed E-state index contributed by atoms with van der Waals surface area (Å²) in [6.45, 7) is 8.43. The molecule has 16 heavy (non-hydrogen) atoms. The fraction of sp³-hybridized carbons (Fsp3) is 0.917. The van der Waals surface area contributed by atoms with Crippen LogP contribution in [0, 0.1) is 0 Å². The zero-order valence-corrected chi connectivity index (χ0v) is 10.6. The van der Waals surface area contributed by atoms with Crippen molar-refractivity contribution in [3.8, 4) is 0 Å². The van der Waals surface area contributed by atoms with Gasteiger partial charge >= 0.3 is 0 Å². The van der Waals surface area contributed by atoms with E-state index in [4.69, 9.17) is 4.74 Å². The van der Waals surface area contributed by atoms with E-state index in [9.17, 15) is 4.79 Å². The molecule has 1 atom stereocenters. The summed E-state index contributed by atoms with van der Waals surface area (Å²) >= 11 is 0. The first-order valence-electron chi connectivity index (χ1n) is 6.23. The highest BCUT2D eigenvalue weighted by Gasteiger charge is 2.35. The monoisotopic (exact) mass is 228 g/mol. The van der Waals surface area contributed by atoms with Gasteiger partial charge in [0.2, 0.25) is 5.91 Å². The standard InChI is InChI=1S/C12H24N2O2/c1-4-5-6-7-14-11(15)10(2)16-12(3)8-13-9-12/h10,13H,4-9H2,1-3H3,(H,14,15). The summed E-state index contributed by atoms with van der Waals surface area (Å²) in [5.74, 6) is 0.00391. The van der Waals surface area contributed by atoms with Crippen LogP contribution in [0.25, 0.3) is 0 Å². The van der Waals surface area contributed by atoms with Crippen LogP contribution in [-0.4, -0.2) is 37.2 Å². The third-order valence-electron chi connectivity index (χ3n) is 2.91. The first-order chi connectivity index (χ1) is 7.57. The Bertz CT molecular complexity index is 227. The summed E-state index contributed by atoms with van der Waals surface area (Å²) in [7, 11) is 0. The van der Waals surface area contributed by atoms with Crippen LogP contribution < -0.4 is 10.6 Å². The first kappa shape index (κ1) is 13.5. The molecule has 0 bridgehead atoms. The highest BCUT2D eigenvalue weighted by molar-refractivity contribution is 5.80. The molecule has 2 N–H and O–H groups in total. The van der Waals surface area contributed by atoms with Crippen molar-refractivity contribution in [2.24, 2.45) is 0 Å². The lowest BCUT2D eigenvalue weighted by atomic mass is 10.00. The van der Waals surface area contributed by atoms with Gasteiger partial charge in [-0.15, -0.1) is 0 Å². The second-order valence-corrected chi connectivity index (χ2v) is 4.81. The molecular weight excluding hydrogens is 204 g/mol. The number of hydrogen-bond donors (Lipinski definition) is 2. The number of ether oxygens (including phenoxy) is 1. The molecule has 0 aromatic carbocycles. The van der Waals surface area contributed by atoms with Gasteiger partial charge in [0.1, 0.15) is 6.10 Å². The highest BCUT2D eigenvalue weighted by atomic mass is 16.5. The second-order valence-electron chi connectivity index (χ2n) is 4.81. The van der Waals surface area contributed by atoms with E-state index >= 15 is 0 Å². The van der Waals surface area contributed by atoms with Crippen molar-refractivity contribution in [2.45, 2.75) is 51.7 Å². The number of hydrogen-bond acceptors (Lipinski definition) is 3. The molecule has 1 heterocycles. The molecule has 94 valence electrons. The Balaban J connectivity index is 2.15. The second kappa shape index (κ2) is 6.21. The predicted molar refractivity (Wildman–Crippen MR) is 64.4 cm³/mol. The molecule has 1 saturated heterocycles. The summed E-state index contributed by atoms with van der Waals surface area (Å²) < 4.78 is 5.72. The quantitative estimate of drug-likeness (QED) is 0.641. The SMILES string of the molecule is CCCCCNC(=O)C(C)OC1(C)CNC1. The molecule has 1 rings (SSSR count). The lowest BCUT2D eigenvalue weighted by Crippen LogP contribution is -2.61. The van der Waals surface area contributed by atoms with Crippen molar-refractivity contribution in [1.82, 2.24) is 10.6 Å². The Morgan fingerprint density at radius 2 is 2.19 bits per heavy atom. The van der Waals surface area contributed by atoms with Gasteiger partial charge < -0.3 is 15.4 Å². The van der Waals surface area contributed by atoms with Gasteiger partial charge in [-0.3, -0.25) is 4.79 Å². The molecule has 1 aliphatic heterocycles. The Morgan fingerprint density at radius 1 is 1.50 bits per heavy atom. The van der Waals surface area contributed by atoms with Gasteiger partial charge in [0.25, 0.3) is 0 Å². The van der Waals surface area contributed by atoms with E-state index in [-0.39, 0.29) is 17.6 Å². The largest absolute Gasteiger partial charge is 0.360 e. The molecule has 0 radical (unpaired) electrons. The van der Waals surface area contributed by atoms with Crippen molar-refractivity contribution in [3.05, 3.63) is 0 Å². The summed E-state index contributed by atoms with van der Waals surface area (Å²) in [6, 6.07) is 0. The van der Waals surface area contributed by atoms with Gasteiger partial charge in [-0.25, -0.2) is 0 Å². The van der Waals surface area contributed by atoms with Crippen LogP contribution in [0.15, 0.2) is 0 Å². The van der Waals surface area contributed by atoms with E-state index < -0.39 is 0 Å². The molecule has 4 heteroatoms. The fourth-order valence-electron chi connectivity index (χ4n) is 1.77. The summed E-state index contributed by atoms with van der Waals surface area (Å²) in [5.41, 5.74) is -0.153. The van der Waals surface area contributed by atoms with Crippen molar-refractivity contribution in [3.63, 3.8) is 0 Å². The van der Waals surface area contributed by atoms with E-state index in [1.807, 2.05) is 13.8 Å². The molecule has 1 fully saturated rings. The number of carbonyl (C=O) groups is 1. The topological polar surface area (TPSA) is 50.4 Å². The van der Waals surface area contributed by atoms with Crippen LogP contribution in [0.3, 0.4) is 0 Å². The van der Waals surface area contributed by atoms with Gasteiger partial charge in [-0.1, -0.05) is 19.8 Å². The summed E-state index contributed by atoms with van der Waals surface area (Å²) in [6.07, 6.45) is 3.03. The third kappa shape index (κ3) is 4.10. The lowest BCUT2D eigenvalue weighted by Gasteiger charge is -2.40. The molecule has 1 aliphatic rings. The molecule has 0 saturated carbocycles. The predicted octanol–water partition coefficient (Wildman–Crippen LogP) is 1.06. The zero-order valence-electron chi connectivity index (χ0n) is 10.6. The summed E-state index contributed by atoms with van der Waals surface area (Å²) in [5, 5.41) is 6.05. The van der Waals surface area contributed by atoms with Crippen molar-refractivity contribution < 1.29 is 9.53 Å². The Kier molecular flexibility index (Phi) is 5.22. The maximum atomic E-state index is 11.7. The van der Waals surface area contributed by atoms with Crippen LogP contribution in [-0.2, 0) is 9.53 Å². The minimum atomic E-state index is -0.353. The maximum absolute atomic E-state index is 11.7. The average Bonchev–Trinajstić information content (AvgIpc) is 2.21. The average molecular weight is 228 g/mol. The van der Waals surface area contributed by atoms with Crippen molar-refractivity contribution in [2.75, 3.05) is 19.6 Å². The van der Waals surface area contributed by atoms with Crippen LogP contribution in [0.2, 0.25) is 0 Å². The van der Waals surface area contributed by atoms with Crippen LogP contribution in [0.1, 0.15) is 40.0 Å². The van der Waals surface area contributed by atoms with Crippen LogP contribution in [0.4, 0.5) is 0 Å². The van der Waals surface area contributed by atoms with Gasteiger partial charge in [-0.05, 0) is 20.3 Å². The van der Waals surface area contributed by atoms with E-state index in [0.717, 1.165) is 32.5 Å². The van der Waals surface area contributed by atoms with Crippen LogP contribution in [0.5, 0.6) is 0 Å². The normalized spacial score (nSPS) is 19.9. The molecule has 1 unspecified atom stereocenters. The number of carbonyl (C=O) groups excluding carboxylic acids is 1. The Morgan fingerprint density at radius 3 is 2.69 bits per heavy atom. The highest BCUT2D eigenvalue weighted by Crippen LogP contribution is 2.17. The molecule has 0 aromatic heterocycles. The Hall–Kier alpha value is -0.610. The molecule has 0 aliphatic carbocycles. The molecular formula is C12H24N2O2. The third-order valence-corrected chi connectivity index (χ3v) is 2.91. The number of nitrogens with one attached hydrogen (secondary N) is 2. The van der Waals surface area contributed by atoms with E-state index in [1.165, 1.54) is 6.42 Å². The lowest BCUT2D eigenvalue weighted by molar-refractivity contribution is -0.149. The minimum Gasteiger partial charge on any atom is -0.360 e. The Labute approximate surface area is 98.1 Å². The number of amides is 1. The van der Waals surface area contributed by atoms with E-state index in [0.29, 0.717) is 0 Å². The minimum absolute atomic E-state index is 0.00391. The van der Waals surface area contributed by atoms with Crippen molar-refractivity contribution >= 4 is 5.91 Å². The molecule has 1 amide bonds. The summed E-state index contributed by atoms with van der Waals surface area (Å²) in [4.78, 5) is 11.7. The van der Waals surface area contributed by atoms with Gasteiger partial charge in [0.15, 0.2) is 0 Å². The maximum Gasteiger partial charge on any atom is 0.248 e.